The molecular weight excluding hydrogens is 248 g/mol. The summed E-state index contributed by atoms with van der Waals surface area (Å²) in [5, 5.41) is 6.12. The third-order valence-electron chi connectivity index (χ3n) is 3.14. The molecule has 1 fully saturated rings. The highest BCUT2D eigenvalue weighted by Gasteiger charge is 2.21. The molecule has 100 valence electrons. The van der Waals surface area contributed by atoms with Gasteiger partial charge in [0.2, 0.25) is 5.91 Å². The number of thiazole rings is 1. The van der Waals surface area contributed by atoms with Gasteiger partial charge in [0, 0.05) is 44.2 Å². The van der Waals surface area contributed by atoms with Crippen LogP contribution in [-0.2, 0) is 4.79 Å². The summed E-state index contributed by atoms with van der Waals surface area (Å²) in [4.78, 5) is 20.5. The van der Waals surface area contributed by atoms with Crippen LogP contribution in [-0.4, -0.2) is 55.6 Å². The minimum absolute atomic E-state index is 0.282. The van der Waals surface area contributed by atoms with Gasteiger partial charge in [-0.05, 0) is 20.0 Å². The lowest BCUT2D eigenvalue weighted by Gasteiger charge is -2.34. The first-order valence-corrected chi connectivity index (χ1v) is 7.26. The Kier molecular flexibility index (Phi) is 4.95. The van der Waals surface area contributed by atoms with Gasteiger partial charge in [-0.2, -0.15) is 0 Å². The van der Waals surface area contributed by atoms with E-state index < -0.39 is 0 Å². The molecule has 2 rings (SSSR count). The van der Waals surface area contributed by atoms with Crippen molar-refractivity contribution >= 4 is 22.4 Å². The van der Waals surface area contributed by atoms with Gasteiger partial charge in [-0.25, -0.2) is 4.98 Å². The molecule has 1 aromatic rings. The van der Waals surface area contributed by atoms with Crippen molar-refractivity contribution in [2.45, 2.75) is 12.8 Å². The number of piperazine rings is 1. The molecule has 1 amide bonds. The summed E-state index contributed by atoms with van der Waals surface area (Å²) < 4.78 is 0. The minimum atomic E-state index is 0.282. The predicted octanol–water partition coefficient (Wildman–Crippen LogP) is 0.791. The molecule has 6 heteroatoms. The molecule has 1 N–H and O–H groups in total. The number of carbonyl (C=O) groups excluding carboxylic acids is 1. The smallest absolute Gasteiger partial charge is 0.222 e. The van der Waals surface area contributed by atoms with Crippen molar-refractivity contribution in [1.82, 2.24) is 15.2 Å². The van der Waals surface area contributed by atoms with E-state index in [0.29, 0.717) is 6.42 Å². The maximum absolute atomic E-state index is 11.9. The van der Waals surface area contributed by atoms with Crippen LogP contribution < -0.4 is 10.2 Å². The number of carbonyl (C=O) groups is 1. The fourth-order valence-electron chi connectivity index (χ4n) is 2.09. The normalized spacial score (nSPS) is 16.1. The van der Waals surface area contributed by atoms with Crippen LogP contribution in [0.5, 0.6) is 0 Å². The first-order chi connectivity index (χ1) is 8.81. The molecule has 0 radical (unpaired) electrons. The van der Waals surface area contributed by atoms with Gasteiger partial charge in [0.05, 0.1) is 0 Å². The molecule has 1 saturated heterocycles. The Morgan fingerprint density at radius 3 is 2.83 bits per heavy atom. The van der Waals surface area contributed by atoms with Gasteiger partial charge in [-0.1, -0.05) is 0 Å². The van der Waals surface area contributed by atoms with Crippen LogP contribution in [0.25, 0.3) is 0 Å². The van der Waals surface area contributed by atoms with E-state index in [1.54, 1.807) is 11.3 Å². The maximum atomic E-state index is 11.9. The van der Waals surface area contributed by atoms with Crippen LogP contribution in [0.1, 0.15) is 12.8 Å². The maximum Gasteiger partial charge on any atom is 0.222 e. The molecular formula is C12H20N4OS. The van der Waals surface area contributed by atoms with Crippen LogP contribution in [0.2, 0.25) is 0 Å². The molecule has 1 aliphatic heterocycles. The Morgan fingerprint density at radius 1 is 1.44 bits per heavy atom. The second-order valence-electron chi connectivity index (χ2n) is 4.39. The molecule has 0 bridgehead atoms. The van der Waals surface area contributed by atoms with Crippen LogP contribution in [0, 0.1) is 0 Å². The van der Waals surface area contributed by atoms with Crippen molar-refractivity contribution in [3.05, 3.63) is 11.6 Å². The zero-order valence-electron chi connectivity index (χ0n) is 10.8. The second kappa shape index (κ2) is 6.70. The van der Waals surface area contributed by atoms with Gasteiger partial charge in [-0.3, -0.25) is 4.79 Å². The highest BCUT2D eigenvalue weighted by atomic mass is 32.1. The quantitative estimate of drug-likeness (QED) is 0.802. The van der Waals surface area contributed by atoms with Crippen molar-refractivity contribution in [2.75, 3.05) is 44.7 Å². The first-order valence-electron chi connectivity index (χ1n) is 6.38. The van der Waals surface area contributed by atoms with Crippen molar-refractivity contribution in [2.24, 2.45) is 0 Å². The van der Waals surface area contributed by atoms with E-state index in [1.165, 1.54) is 0 Å². The van der Waals surface area contributed by atoms with E-state index >= 15 is 0 Å². The lowest BCUT2D eigenvalue weighted by atomic mass is 10.2. The number of rotatable bonds is 5. The Labute approximate surface area is 112 Å². The summed E-state index contributed by atoms with van der Waals surface area (Å²) in [6.45, 7) is 4.33. The summed E-state index contributed by atoms with van der Waals surface area (Å²) >= 11 is 1.66. The van der Waals surface area contributed by atoms with Gasteiger partial charge in [0.15, 0.2) is 5.13 Å². The topological polar surface area (TPSA) is 48.5 Å². The van der Waals surface area contributed by atoms with Gasteiger partial charge in [-0.15, -0.1) is 11.3 Å². The molecule has 5 nitrogen and oxygen atoms in total. The van der Waals surface area contributed by atoms with Crippen molar-refractivity contribution < 1.29 is 4.79 Å². The Balaban J connectivity index is 1.74. The number of hydrogen-bond donors (Lipinski definition) is 1. The van der Waals surface area contributed by atoms with Crippen LogP contribution in [0.4, 0.5) is 5.13 Å². The fraction of sp³-hybridized carbons (Fsp3) is 0.667. The number of amides is 1. The van der Waals surface area contributed by atoms with E-state index in [4.69, 9.17) is 0 Å². The molecule has 0 aliphatic carbocycles. The monoisotopic (exact) mass is 268 g/mol. The summed E-state index contributed by atoms with van der Waals surface area (Å²) in [5.74, 6) is 0.282. The van der Waals surface area contributed by atoms with Gasteiger partial charge in [0.1, 0.15) is 0 Å². The van der Waals surface area contributed by atoms with E-state index in [0.717, 1.165) is 44.3 Å². The first kappa shape index (κ1) is 13.3. The zero-order valence-corrected chi connectivity index (χ0v) is 11.6. The van der Waals surface area contributed by atoms with E-state index in [2.05, 4.69) is 15.2 Å². The van der Waals surface area contributed by atoms with Crippen molar-refractivity contribution in [1.29, 1.82) is 0 Å². The highest BCUT2D eigenvalue weighted by Crippen LogP contribution is 2.19. The molecule has 0 unspecified atom stereocenters. The molecule has 0 saturated carbocycles. The van der Waals surface area contributed by atoms with Crippen LogP contribution >= 0.6 is 11.3 Å². The summed E-state index contributed by atoms with van der Waals surface area (Å²) in [6.07, 6.45) is 3.40. The number of hydrogen-bond acceptors (Lipinski definition) is 5. The molecule has 2 heterocycles. The largest absolute Gasteiger partial charge is 0.345 e. The van der Waals surface area contributed by atoms with Gasteiger partial charge in [0.25, 0.3) is 0 Å². The van der Waals surface area contributed by atoms with E-state index in [1.807, 2.05) is 23.5 Å². The second-order valence-corrected chi connectivity index (χ2v) is 5.26. The van der Waals surface area contributed by atoms with Crippen molar-refractivity contribution in [3.8, 4) is 0 Å². The Hall–Kier alpha value is -1.14. The third kappa shape index (κ3) is 3.43. The number of anilines is 1. The lowest BCUT2D eigenvalue weighted by molar-refractivity contribution is -0.131. The van der Waals surface area contributed by atoms with E-state index in [-0.39, 0.29) is 5.91 Å². The van der Waals surface area contributed by atoms with Gasteiger partial charge < -0.3 is 15.1 Å². The highest BCUT2D eigenvalue weighted by molar-refractivity contribution is 7.13. The fourth-order valence-corrected chi connectivity index (χ4v) is 2.79. The zero-order chi connectivity index (χ0) is 12.8. The molecule has 1 aromatic heterocycles. The minimum Gasteiger partial charge on any atom is -0.345 e. The summed E-state index contributed by atoms with van der Waals surface area (Å²) in [6, 6.07) is 0. The Bertz CT molecular complexity index is 360. The van der Waals surface area contributed by atoms with Crippen LogP contribution in [0.15, 0.2) is 11.6 Å². The number of aromatic nitrogens is 1. The number of nitrogens with zero attached hydrogens (tertiary/aromatic N) is 3. The average Bonchev–Trinajstić information content (AvgIpc) is 2.93. The van der Waals surface area contributed by atoms with Gasteiger partial charge >= 0.3 is 0 Å². The SMILES string of the molecule is CNCCCC(=O)N1CCN(c2nccs2)CC1. The summed E-state index contributed by atoms with van der Waals surface area (Å²) in [7, 11) is 1.91. The summed E-state index contributed by atoms with van der Waals surface area (Å²) in [5.41, 5.74) is 0. The number of nitrogens with one attached hydrogen (secondary N) is 1. The van der Waals surface area contributed by atoms with E-state index in [9.17, 15) is 4.79 Å². The Morgan fingerprint density at radius 2 is 2.22 bits per heavy atom. The third-order valence-corrected chi connectivity index (χ3v) is 3.97. The molecule has 0 atom stereocenters. The van der Waals surface area contributed by atoms with Crippen molar-refractivity contribution in [3.63, 3.8) is 0 Å². The lowest BCUT2D eigenvalue weighted by Crippen LogP contribution is -2.48. The molecule has 1 aliphatic rings. The molecule has 0 aromatic carbocycles. The average molecular weight is 268 g/mol. The van der Waals surface area contributed by atoms with Crippen LogP contribution in [0.3, 0.4) is 0 Å². The molecule has 18 heavy (non-hydrogen) atoms. The molecule has 0 spiro atoms. The standard InChI is InChI=1S/C12H20N4OS/c1-13-4-2-3-11(17)15-6-8-16(9-7-15)12-14-5-10-18-12/h5,10,13H,2-4,6-9H2,1H3. The predicted molar refractivity (Wildman–Crippen MR) is 74.1 cm³/mol.